The van der Waals surface area contributed by atoms with Gasteiger partial charge in [0.25, 0.3) is 0 Å². The molecule has 54 heavy (non-hydrogen) atoms. The van der Waals surface area contributed by atoms with Crippen molar-refractivity contribution in [2.24, 2.45) is 0 Å². The fraction of sp³-hybridized carbons (Fsp3) is 0. The lowest BCUT2D eigenvalue weighted by Gasteiger charge is -2.12. The van der Waals surface area contributed by atoms with E-state index < -0.39 is 0 Å². The minimum atomic E-state index is 1.15. The van der Waals surface area contributed by atoms with Crippen molar-refractivity contribution < 1.29 is 0 Å². The van der Waals surface area contributed by atoms with E-state index >= 15 is 0 Å². The lowest BCUT2D eigenvalue weighted by atomic mass is 9.99. The normalized spacial score (nSPS) is 11.7. The molecule has 0 aliphatic rings. The molecule has 9 aromatic carbocycles. The van der Waals surface area contributed by atoms with E-state index in [0.29, 0.717) is 0 Å². The Morgan fingerprint density at radius 3 is 1.52 bits per heavy atom. The van der Waals surface area contributed by atoms with E-state index in [9.17, 15) is 0 Å². The van der Waals surface area contributed by atoms with Gasteiger partial charge >= 0.3 is 0 Å². The van der Waals surface area contributed by atoms with Crippen LogP contribution in [-0.4, -0.2) is 9.13 Å². The zero-order valence-corrected chi connectivity index (χ0v) is 29.5. The zero-order chi connectivity index (χ0) is 35.6. The van der Waals surface area contributed by atoms with Gasteiger partial charge in [0.05, 0.1) is 22.1 Å². The molecule has 2 aromatic heterocycles. The van der Waals surface area contributed by atoms with Gasteiger partial charge in [-0.3, -0.25) is 0 Å². The van der Waals surface area contributed by atoms with Gasteiger partial charge in [0.2, 0.25) is 0 Å². The summed E-state index contributed by atoms with van der Waals surface area (Å²) in [6.45, 7) is 0. The Labute approximate surface area is 313 Å². The quantitative estimate of drug-likeness (QED) is 0.171. The largest absolute Gasteiger partial charge is 0.309 e. The lowest BCUT2D eigenvalue weighted by Crippen LogP contribution is -1.95. The topological polar surface area (TPSA) is 9.86 Å². The summed E-state index contributed by atoms with van der Waals surface area (Å²) in [5, 5.41) is 7.51. The summed E-state index contributed by atoms with van der Waals surface area (Å²) >= 11 is 0. The van der Waals surface area contributed by atoms with Crippen LogP contribution in [0.1, 0.15) is 0 Å². The second kappa shape index (κ2) is 12.2. The first-order valence-electron chi connectivity index (χ1n) is 18.6. The number of para-hydroxylation sites is 2. The van der Waals surface area contributed by atoms with E-state index in [-0.39, 0.29) is 0 Å². The highest BCUT2D eigenvalue weighted by Crippen LogP contribution is 2.40. The number of hydrogen-bond acceptors (Lipinski definition) is 0. The first kappa shape index (κ1) is 30.5. The van der Waals surface area contributed by atoms with Crippen LogP contribution in [0.15, 0.2) is 206 Å². The maximum Gasteiger partial charge on any atom is 0.0547 e. The van der Waals surface area contributed by atoms with Crippen LogP contribution in [-0.2, 0) is 0 Å². The Morgan fingerprint density at radius 1 is 0.222 bits per heavy atom. The van der Waals surface area contributed by atoms with Crippen LogP contribution in [0.4, 0.5) is 0 Å². The van der Waals surface area contributed by atoms with Gasteiger partial charge in [-0.1, -0.05) is 146 Å². The van der Waals surface area contributed by atoms with Crippen molar-refractivity contribution in [3.8, 4) is 44.8 Å². The summed E-state index contributed by atoms with van der Waals surface area (Å²) < 4.78 is 4.84. The minimum Gasteiger partial charge on any atom is -0.309 e. The molecule has 0 amide bonds. The molecule has 0 unspecified atom stereocenters. The van der Waals surface area contributed by atoms with Crippen LogP contribution in [0.2, 0.25) is 0 Å². The molecule has 0 bridgehead atoms. The lowest BCUT2D eigenvalue weighted by molar-refractivity contribution is 1.18. The molecule has 2 heteroatoms. The molecule has 0 aliphatic carbocycles. The standard InChI is InChI=1S/C52H34N2/c1-3-12-35(13-4-1)38-16-11-19-44(31-38)54-50-29-26-40(39-23-22-36-14-7-8-15-37(36)30-39)32-48(50)47-28-25-42(34-52(47)54)41-24-27-46-45-20-9-10-21-49(45)53(51(46)33-41)43-17-5-2-6-18-43/h1-34H. The molecule has 2 heterocycles. The summed E-state index contributed by atoms with van der Waals surface area (Å²) in [7, 11) is 0. The third kappa shape index (κ3) is 4.88. The van der Waals surface area contributed by atoms with Gasteiger partial charge in [-0.25, -0.2) is 0 Å². The maximum absolute atomic E-state index is 2.45. The number of fused-ring (bicyclic) bond motifs is 7. The smallest absolute Gasteiger partial charge is 0.0547 e. The molecule has 0 spiro atoms. The molecule has 0 radical (unpaired) electrons. The molecule has 0 fully saturated rings. The van der Waals surface area contributed by atoms with Crippen molar-refractivity contribution in [3.63, 3.8) is 0 Å². The Morgan fingerprint density at radius 2 is 0.722 bits per heavy atom. The van der Waals surface area contributed by atoms with Crippen molar-refractivity contribution >= 4 is 54.4 Å². The van der Waals surface area contributed by atoms with Crippen LogP contribution in [0.3, 0.4) is 0 Å². The average Bonchev–Trinajstić information content (AvgIpc) is 3.76. The number of hydrogen-bond donors (Lipinski definition) is 0. The molecule has 252 valence electrons. The molecule has 2 nitrogen and oxygen atoms in total. The fourth-order valence-electron chi connectivity index (χ4n) is 8.49. The number of nitrogens with zero attached hydrogens (tertiary/aromatic N) is 2. The van der Waals surface area contributed by atoms with E-state index in [2.05, 4.69) is 215 Å². The van der Waals surface area contributed by atoms with Crippen molar-refractivity contribution in [1.82, 2.24) is 9.13 Å². The number of rotatable bonds is 5. The Bertz CT molecular complexity index is 3200. The highest BCUT2D eigenvalue weighted by atomic mass is 15.0. The average molecular weight is 687 g/mol. The summed E-state index contributed by atoms with van der Waals surface area (Å²) in [5.74, 6) is 0. The van der Waals surface area contributed by atoms with E-state index in [0.717, 1.165) is 11.4 Å². The van der Waals surface area contributed by atoms with E-state index in [1.165, 1.54) is 87.8 Å². The Hall–Kier alpha value is -7.16. The van der Waals surface area contributed by atoms with Crippen molar-refractivity contribution in [2.45, 2.75) is 0 Å². The first-order valence-corrected chi connectivity index (χ1v) is 18.6. The summed E-state index contributed by atoms with van der Waals surface area (Å²) in [4.78, 5) is 0. The predicted molar refractivity (Wildman–Crippen MR) is 229 cm³/mol. The summed E-state index contributed by atoms with van der Waals surface area (Å²) in [6.07, 6.45) is 0. The molecule has 11 aromatic rings. The Balaban J connectivity index is 1.14. The van der Waals surface area contributed by atoms with Crippen LogP contribution in [0.25, 0.3) is 99.1 Å². The van der Waals surface area contributed by atoms with Crippen molar-refractivity contribution in [1.29, 1.82) is 0 Å². The molecular formula is C52H34N2. The zero-order valence-electron chi connectivity index (χ0n) is 29.5. The van der Waals surface area contributed by atoms with Gasteiger partial charge in [-0.15, -0.1) is 0 Å². The predicted octanol–water partition coefficient (Wildman–Crippen LogP) is 14.0. The summed E-state index contributed by atoms with van der Waals surface area (Å²) in [6, 6.07) is 75.3. The van der Waals surface area contributed by atoms with Gasteiger partial charge in [0, 0.05) is 32.9 Å². The van der Waals surface area contributed by atoms with Crippen LogP contribution in [0.5, 0.6) is 0 Å². The van der Waals surface area contributed by atoms with E-state index in [4.69, 9.17) is 0 Å². The third-order valence-electron chi connectivity index (χ3n) is 11.1. The second-order valence-electron chi connectivity index (χ2n) is 14.2. The molecule has 11 rings (SSSR count). The monoisotopic (exact) mass is 686 g/mol. The van der Waals surface area contributed by atoms with Crippen LogP contribution < -0.4 is 0 Å². The van der Waals surface area contributed by atoms with Gasteiger partial charge in [0.15, 0.2) is 0 Å². The summed E-state index contributed by atoms with van der Waals surface area (Å²) in [5.41, 5.74) is 14.3. The molecular weight excluding hydrogens is 653 g/mol. The van der Waals surface area contributed by atoms with Gasteiger partial charge in [0.1, 0.15) is 0 Å². The van der Waals surface area contributed by atoms with Crippen LogP contribution >= 0.6 is 0 Å². The van der Waals surface area contributed by atoms with E-state index in [1.807, 2.05) is 0 Å². The molecule has 0 saturated carbocycles. The second-order valence-corrected chi connectivity index (χ2v) is 14.2. The Kier molecular flexibility index (Phi) is 6.90. The van der Waals surface area contributed by atoms with Gasteiger partial charge in [-0.05, 0) is 105 Å². The third-order valence-corrected chi connectivity index (χ3v) is 11.1. The molecule has 0 N–H and O–H groups in total. The minimum absolute atomic E-state index is 1.15. The SMILES string of the molecule is c1ccc(-c2cccc(-n3c4ccc(-c5ccc6ccccc6c5)cc4c4ccc(-c5ccc6c7ccccc7n(-c7ccccc7)c6c5)cc43)c2)cc1. The molecule has 0 saturated heterocycles. The fourth-order valence-corrected chi connectivity index (χ4v) is 8.49. The van der Waals surface area contributed by atoms with E-state index in [1.54, 1.807) is 0 Å². The van der Waals surface area contributed by atoms with Crippen molar-refractivity contribution in [3.05, 3.63) is 206 Å². The maximum atomic E-state index is 2.45. The highest BCUT2D eigenvalue weighted by molar-refractivity contribution is 6.13. The van der Waals surface area contributed by atoms with Crippen LogP contribution in [0, 0.1) is 0 Å². The van der Waals surface area contributed by atoms with Gasteiger partial charge in [-0.2, -0.15) is 0 Å². The number of aromatic nitrogens is 2. The van der Waals surface area contributed by atoms with Gasteiger partial charge < -0.3 is 9.13 Å². The van der Waals surface area contributed by atoms with Crippen molar-refractivity contribution in [2.75, 3.05) is 0 Å². The highest BCUT2D eigenvalue weighted by Gasteiger charge is 2.17. The first-order chi connectivity index (χ1) is 26.8. The number of benzene rings is 9. The molecule has 0 atom stereocenters. The molecule has 0 aliphatic heterocycles.